The van der Waals surface area contributed by atoms with Crippen LogP contribution < -0.4 is 16.2 Å². The molecule has 0 aliphatic carbocycles. The van der Waals surface area contributed by atoms with Gasteiger partial charge in [-0.2, -0.15) is 0 Å². The first-order chi connectivity index (χ1) is 14.2. The minimum absolute atomic E-state index is 0.0478. The van der Waals surface area contributed by atoms with Crippen LogP contribution in [0.1, 0.15) is 6.42 Å². The molecule has 0 aliphatic rings. The molecule has 0 saturated carbocycles. The van der Waals surface area contributed by atoms with Gasteiger partial charge in [-0.25, -0.2) is 4.98 Å². The molecule has 0 saturated heterocycles. The molecule has 0 unspecified atom stereocenters. The summed E-state index contributed by atoms with van der Waals surface area (Å²) in [5, 5.41) is 6.35. The molecule has 7 heteroatoms. The van der Waals surface area contributed by atoms with Crippen LogP contribution in [0, 0.1) is 0 Å². The molecule has 0 fully saturated rings. The summed E-state index contributed by atoms with van der Waals surface area (Å²) in [5.74, 6) is -0.0478. The second kappa shape index (κ2) is 8.12. The maximum atomic E-state index is 12.6. The number of nitrogens with one attached hydrogen (secondary N) is 3. The van der Waals surface area contributed by atoms with Gasteiger partial charge in [-0.1, -0.05) is 30.3 Å². The second-order valence-electron chi connectivity index (χ2n) is 6.66. The number of amides is 1. The lowest BCUT2D eigenvalue weighted by molar-refractivity contribution is -0.116. The fourth-order valence-electron chi connectivity index (χ4n) is 3.27. The first kappa shape index (κ1) is 18.6. The Morgan fingerprint density at radius 3 is 2.59 bits per heavy atom. The first-order valence-corrected chi connectivity index (χ1v) is 9.36. The SMILES string of the molecule is CNCCC(=O)Nc1ccc(-c2cn(-c3ccccc3)c3nc[nH]c(=O)c23)cc1. The lowest BCUT2D eigenvalue weighted by atomic mass is 10.1. The van der Waals surface area contributed by atoms with Crippen LogP contribution in [-0.4, -0.2) is 34.0 Å². The van der Waals surface area contributed by atoms with E-state index in [1.54, 1.807) is 0 Å². The Morgan fingerprint density at radius 2 is 1.86 bits per heavy atom. The Bertz CT molecular complexity index is 1190. The van der Waals surface area contributed by atoms with Gasteiger partial charge in [0, 0.05) is 36.1 Å². The third-order valence-electron chi connectivity index (χ3n) is 4.70. The predicted molar refractivity (Wildman–Crippen MR) is 114 cm³/mol. The maximum Gasteiger partial charge on any atom is 0.260 e. The number of carbonyl (C=O) groups excluding carboxylic acids is 1. The summed E-state index contributed by atoms with van der Waals surface area (Å²) in [6, 6.07) is 17.2. The van der Waals surface area contributed by atoms with Crippen molar-refractivity contribution in [1.29, 1.82) is 0 Å². The molecule has 2 aromatic heterocycles. The summed E-state index contributed by atoms with van der Waals surface area (Å²) in [4.78, 5) is 31.5. The number of fused-ring (bicyclic) bond motifs is 1. The van der Waals surface area contributed by atoms with Crippen molar-refractivity contribution in [3.05, 3.63) is 77.5 Å². The molecule has 0 spiro atoms. The molecule has 2 aromatic carbocycles. The van der Waals surface area contributed by atoms with Crippen LogP contribution in [0.4, 0.5) is 5.69 Å². The molecule has 2 heterocycles. The highest BCUT2D eigenvalue weighted by atomic mass is 16.1. The van der Waals surface area contributed by atoms with Gasteiger partial charge in [0.05, 0.1) is 11.7 Å². The highest BCUT2D eigenvalue weighted by Gasteiger charge is 2.15. The number of hydrogen-bond donors (Lipinski definition) is 3. The van der Waals surface area contributed by atoms with Gasteiger partial charge >= 0.3 is 0 Å². The van der Waals surface area contributed by atoms with Crippen molar-refractivity contribution in [2.45, 2.75) is 6.42 Å². The zero-order chi connectivity index (χ0) is 20.2. The zero-order valence-electron chi connectivity index (χ0n) is 16.0. The molecular weight excluding hydrogens is 366 g/mol. The zero-order valence-corrected chi connectivity index (χ0v) is 16.0. The third kappa shape index (κ3) is 3.81. The number of H-pyrrole nitrogens is 1. The minimum Gasteiger partial charge on any atom is -0.326 e. The van der Waals surface area contributed by atoms with E-state index in [0.29, 0.717) is 29.7 Å². The topological polar surface area (TPSA) is 91.8 Å². The largest absolute Gasteiger partial charge is 0.326 e. The fraction of sp³-hybridized carbons (Fsp3) is 0.136. The lowest BCUT2D eigenvalue weighted by Crippen LogP contribution is -2.18. The lowest BCUT2D eigenvalue weighted by Gasteiger charge is -2.06. The number of anilines is 1. The smallest absolute Gasteiger partial charge is 0.260 e. The average Bonchev–Trinajstić information content (AvgIpc) is 3.14. The highest BCUT2D eigenvalue weighted by molar-refractivity contribution is 5.95. The molecule has 3 N–H and O–H groups in total. The van der Waals surface area contributed by atoms with E-state index < -0.39 is 0 Å². The van der Waals surface area contributed by atoms with Gasteiger partial charge in [0.1, 0.15) is 0 Å². The van der Waals surface area contributed by atoms with Crippen molar-refractivity contribution in [3.8, 4) is 16.8 Å². The summed E-state index contributed by atoms with van der Waals surface area (Å²) in [6.45, 7) is 0.624. The van der Waals surface area contributed by atoms with Gasteiger partial charge in [0.15, 0.2) is 5.65 Å². The van der Waals surface area contributed by atoms with Crippen LogP contribution in [0.15, 0.2) is 71.9 Å². The molecule has 4 rings (SSSR count). The van der Waals surface area contributed by atoms with E-state index in [4.69, 9.17) is 0 Å². The Balaban J connectivity index is 1.73. The molecule has 4 aromatic rings. The maximum absolute atomic E-state index is 12.6. The van der Waals surface area contributed by atoms with Crippen molar-refractivity contribution in [2.75, 3.05) is 18.9 Å². The van der Waals surface area contributed by atoms with Crippen LogP contribution in [0.3, 0.4) is 0 Å². The van der Waals surface area contributed by atoms with Gasteiger partial charge in [-0.3, -0.25) is 9.59 Å². The van der Waals surface area contributed by atoms with Crippen molar-refractivity contribution >= 4 is 22.6 Å². The van der Waals surface area contributed by atoms with Gasteiger partial charge in [0.25, 0.3) is 5.56 Å². The van der Waals surface area contributed by atoms with E-state index in [0.717, 1.165) is 16.8 Å². The number of hydrogen-bond acceptors (Lipinski definition) is 4. The summed E-state index contributed by atoms with van der Waals surface area (Å²) in [6.07, 6.45) is 3.74. The summed E-state index contributed by atoms with van der Waals surface area (Å²) in [7, 11) is 1.81. The second-order valence-corrected chi connectivity index (χ2v) is 6.66. The van der Waals surface area contributed by atoms with Gasteiger partial charge in [0.2, 0.25) is 5.91 Å². The van der Waals surface area contributed by atoms with Crippen molar-refractivity contribution in [2.24, 2.45) is 0 Å². The molecule has 29 heavy (non-hydrogen) atoms. The van der Waals surface area contributed by atoms with E-state index in [2.05, 4.69) is 20.6 Å². The molecular formula is C22H21N5O2. The van der Waals surface area contributed by atoms with Crippen molar-refractivity contribution in [1.82, 2.24) is 19.9 Å². The van der Waals surface area contributed by atoms with E-state index in [1.807, 2.05) is 72.4 Å². The van der Waals surface area contributed by atoms with Gasteiger partial charge < -0.3 is 20.2 Å². The Kier molecular flexibility index (Phi) is 5.22. The summed E-state index contributed by atoms with van der Waals surface area (Å²) < 4.78 is 1.91. The molecule has 0 bridgehead atoms. The molecule has 7 nitrogen and oxygen atoms in total. The number of rotatable bonds is 6. The van der Waals surface area contributed by atoms with Gasteiger partial charge in [-0.05, 0) is 36.9 Å². The number of nitrogens with zero attached hydrogens (tertiary/aromatic N) is 2. The van der Waals surface area contributed by atoms with E-state index >= 15 is 0 Å². The number of benzene rings is 2. The van der Waals surface area contributed by atoms with Crippen LogP contribution in [0.5, 0.6) is 0 Å². The van der Waals surface area contributed by atoms with E-state index in [1.165, 1.54) is 6.33 Å². The standard InChI is InChI=1S/C22H21N5O2/c1-23-12-11-19(28)26-16-9-7-15(8-10-16)18-13-27(17-5-3-2-4-6-17)21-20(18)22(29)25-14-24-21/h2-10,13-14,23H,11-12H2,1H3,(H,26,28)(H,24,25,29). The van der Waals surface area contributed by atoms with Crippen LogP contribution in [-0.2, 0) is 4.79 Å². The molecule has 0 aliphatic heterocycles. The average molecular weight is 387 g/mol. The Hall–Kier alpha value is -3.71. The van der Waals surface area contributed by atoms with Crippen molar-refractivity contribution in [3.63, 3.8) is 0 Å². The monoisotopic (exact) mass is 387 g/mol. The van der Waals surface area contributed by atoms with Gasteiger partial charge in [-0.15, -0.1) is 0 Å². The molecule has 1 amide bonds. The number of aromatic nitrogens is 3. The fourth-order valence-corrected chi connectivity index (χ4v) is 3.27. The van der Waals surface area contributed by atoms with Crippen LogP contribution >= 0.6 is 0 Å². The Morgan fingerprint density at radius 1 is 1.10 bits per heavy atom. The summed E-state index contributed by atoms with van der Waals surface area (Å²) >= 11 is 0. The van der Waals surface area contributed by atoms with Crippen LogP contribution in [0.25, 0.3) is 27.8 Å². The summed E-state index contributed by atoms with van der Waals surface area (Å²) in [5.41, 5.74) is 3.70. The first-order valence-electron chi connectivity index (χ1n) is 9.36. The number of aromatic amines is 1. The molecule has 0 radical (unpaired) electrons. The minimum atomic E-state index is -0.191. The molecule has 0 atom stereocenters. The van der Waals surface area contributed by atoms with Crippen molar-refractivity contribution < 1.29 is 4.79 Å². The number of carbonyl (C=O) groups is 1. The highest BCUT2D eigenvalue weighted by Crippen LogP contribution is 2.30. The third-order valence-corrected chi connectivity index (χ3v) is 4.70. The quantitative estimate of drug-likeness (QED) is 0.474. The Labute approximate surface area is 167 Å². The van der Waals surface area contributed by atoms with Crippen LogP contribution in [0.2, 0.25) is 0 Å². The van der Waals surface area contributed by atoms with E-state index in [-0.39, 0.29) is 11.5 Å². The normalized spacial score (nSPS) is 10.9. The number of para-hydroxylation sites is 1. The molecule has 146 valence electrons. The van der Waals surface area contributed by atoms with E-state index in [9.17, 15) is 9.59 Å². The predicted octanol–water partition coefficient (Wildman–Crippen LogP) is 2.93.